The SMILES string of the molecule is CCOC(=O)C(c1ccc2ccccc2c1)n1cnc(NC(=O)[C@@H](CCCc2ccccc2)NC(=O)C(C)(C)NC(=O)OC(C)(C)C)c1. The van der Waals surface area contributed by atoms with Crippen LogP contribution in [0.5, 0.6) is 0 Å². The second-order valence-corrected chi connectivity index (χ2v) is 13.1. The summed E-state index contributed by atoms with van der Waals surface area (Å²) in [6, 6.07) is 21.6. The van der Waals surface area contributed by atoms with Crippen molar-refractivity contribution >= 4 is 40.5 Å². The first kappa shape index (κ1) is 35.7. The van der Waals surface area contributed by atoms with Gasteiger partial charge in [0.2, 0.25) is 11.8 Å². The molecule has 11 heteroatoms. The van der Waals surface area contributed by atoms with Gasteiger partial charge in [0, 0.05) is 6.20 Å². The molecule has 3 aromatic carbocycles. The van der Waals surface area contributed by atoms with Gasteiger partial charge in [-0.3, -0.25) is 9.59 Å². The highest BCUT2D eigenvalue weighted by Gasteiger charge is 2.34. The molecule has 1 unspecified atom stereocenters. The van der Waals surface area contributed by atoms with E-state index in [9.17, 15) is 19.2 Å². The number of hydrogen-bond acceptors (Lipinski definition) is 7. The molecule has 0 spiro atoms. The summed E-state index contributed by atoms with van der Waals surface area (Å²) in [6.07, 6.45) is 3.89. The topological polar surface area (TPSA) is 141 Å². The summed E-state index contributed by atoms with van der Waals surface area (Å²) in [5, 5.41) is 10.2. The zero-order chi connectivity index (χ0) is 34.9. The molecule has 4 aromatic rings. The van der Waals surface area contributed by atoms with Crippen LogP contribution in [0.15, 0.2) is 85.3 Å². The van der Waals surface area contributed by atoms with Crippen molar-refractivity contribution in [1.82, 2.24) is 20.2 Å². The number of esters is 1. The van der Waals surface area contributed by atoms with Gasteiger partial charge in [-0.05, 0) is 88.8 Å². The van der Waals surface area contributed by atoms with E-state index in [1.54, 1.807) is 38.5 Å². The molecular formula is C37H45N5O6. The standard InChI is InChI=1S/C37H45N5O6/c1-7-47-33(44)31(28-21-20-26-17-11-12-18-27(26)22-28)42-23-30(38-24-42)40-32(43)29(19-13-16-25-14-9-8-10-15-25)39-34(45)37(5,6)41-35(46)48-36(2,3)4/h8-12,14-15,17-18,20-24,29,31H,7,13,16,19H2,1-6H3,(H,39,45)(H,40,43)(H,41,46)/t29-,31?/m1/s1. The Labute approximate surface area is 281 Å². The molecule has 0 saturated heterocycles. The van der Waals surface area contributed by atoms with E-state index in [0.717, 1.165) is 16.3 Å². The number of imidazole rings is 1. The van der Waals surface area contributed by atoms with Gasteiger partial charge in [0.15, 0.2) is 11.9 Å². The molecule has 1 aromatic heterocycles. The molecule has 4 rings (SSSR count). The molecule has 3 amide bonds. The molecule has 0 radical (unpaired) electrons. The van der Waals surface area contributed by atoms with Crippen LogP contribution in [0.3, 0.4) is 0 Å². The van der Waals surface area contributed by atoms with Gasteiger partial charge in [-0.25, -0.2) is 14.6 Å². The van der Waals surface area contributed by atoms with Crippen molar-refractivity contribution in [1.29, 1.82) is 0 Å². The minimum absolute atomic E-state index is 0.198. The Morgan fingerprint density at radius 1 is 0.896 bits per heavy atom. The maximum absolute atomic E-state index is 13.7. The second-order valence-electron chi connectivity index (χ2n) is 13.1. The number of nitrogens with zero attached hydrogens (tertiary/aromatic N) is 2. The average molecular weight is 656 g/mol. The largest absolute Gasteiger partial charge is 0.464 e. The lowest BCUT2D eigenvalue weighted by molar-refractivity contribution is -0.145. The van der Waals surface area contributed by atoms with Crippen molar-refractivity contribution in [3.63, 3.8) is 0 Å². The summed E-state index contributed by atoms with van der Waals surface area (Å²) in [6.45, 7) is 10.2. The minimum Gasteiger partial charge on any atom is -0.464 e. The number of amides is 3. The lowest BCUT2D eigenvalue weighted by Crippen LogP contribution is -2.58. The molecule has 0 aliphatic carbocycles. The van der Waals surface area contributed by atoms with Gasteiger partial charge in [0.1, 0.15) is 17.2 Å². The molecule has 254 valence electrons. The van der Waals surface area contributed by atoms with Crippen LogP contribution in [0.4, 0.5) is 10.6 Å². The van der Waals surface area contributed by atoms with Gasteiger partial charge in [-0.15, -0.1) is 0 Å². The third kappa shape index (κ3) is 9.90. The number of rotatable bonds is 13. The summed E-state index contributed by atoms with van der Waals surface area (Å²) in [5.41, 5.74) is -0.324. The number of ether oxygens (including phenoxy) is 2. The maximum atomic E-state index is 13.7. The Hall–Kier alpha value is -5.19. The van der Waals surface area contributed by atoms with E-state index in [0.29, 0.717) is 24.8 Å². The van der Waals surface area contributed by atoms with Gasteiger partial charge in [0.25, 0.3) is 0 Å². The summed E-state index contributed by atoms with van der Waals surface area (Å²) in [5.74, 6) is -1.32. The van der Waals surface area contributed by atoms with Crippen LogP contribution >= 0.6 is 0 Å². The molecule has 3 N–H and O–H groups in total. The molecule has 11 nitrogen and oxygen atoms in total. The fraction of sp³-hybridized carbons (Fsp3) is 0.378. The van der Waals surface area contributed by atoms with Crippen molar-refractivity contribution in [2.75, 3.05) is 11.9 Å². The van der Waals surface area contributed by atoms with Crippen molar-refractivity contribution in [2.24, 2.45) is 0 Å². The van der Waals surface area contributed by atoms with E-state index in [-0.39, 0.29) is 12.4 Å². The molecule has 0 bridgehead atoms. The second kappa shape index (κ2) is 15.6. The first-order valence-electron chi connectivity index (χ1n) is 16.1. The Bertz CT molecular complexity index is 1730. The van der Waals surface area contributed by atoms with E-state index in [4.69, 9.17) is 9.47 Å². The van der Waals surface area contributed by atoms with E-state index >= 15 is 0 Å². The molecule has 0 aliphatic rings. The predicted octanol–water partition coefficient (Wildman–Crippen LogP) is 5.94. The highest BCUT2D eigenvalue weighted by Crippen LogP contribution is 2.26. The Morgan fingerprint density at radius 2 is 1.58 bits per heavy atom. The summed E-state index contributed by atoms with van der Waals surface area (Å²) in [7, 11) is 0. The number of carbonyl (C=O) groups is 4. The lowest BCUT2D eigenvalue weighted by atomic mass is 10.0. The van der Waals surface area contributed by atoms with Gasteiger partial charge >= 0.3 is 12.1 Å². The smallest absolute Gasteiger partial charge is 0.408 e. The van der Waals surface area contributed by atoms with E-state index in [1.807, 2.05) is 72.8 Å². The lowest BCUT2D eigenvalue weighted by Gasteiger charge is -2.29. The number of hydrogen-bond donors (Lipinski definition) is 3. The monoisotopic (exact) mass is 655 g/mol. The Balaban J connectivity index is 1.53. The first-order valence-corrected chi connectivity index (χ1v) is 16.1. The van der Waals surface area contributed by atoms with Crippen LogP contribution in [-0.2, 0) is 30.3 Å². The first-order chi connectivity index (χ1) is 22.8. The highest BCUT2D eigenvalue weighted by atomic mass is 16.6. The van der Waals surface area contributed by atoms with Crippen LogP contribution in [0.2, 0.25) is 0 Å². The predicted molar refractivity (Wildman–Crippen MR) is 184 cm³/mol. The molecule has 0 fully saturated rings. The van der Waals surface area contributed by atoms with Gasteiger partial charge in [-0.2, -0.15) is 0 Å². The molecule has 0 aliphatic heterocycles. The van der Waals surface area contributed by atoms with E-state index in [2.05, 4.69) is 20.9 Å². The van der Waals surface area contributed by atoms with Crippen LogP contribution in [0.1, 0.15) is 71.6 Å². The van der Waals surface area contributed by atoms with E-state index < -0.39 is 47.1 Å². The number of carbonyl (C=O) groups excluding carboxylic acids is 4. The third-order valence-electron chi connectivity index (χ3n) is 7.55. The highest BCUT2D eigenvalue weighted by molar-refractivity contribution is 5.98. The number of alkyl carbamates (subject to hydrolysis) is 1. The molecule has 0 saturated carbocycles. The Morgan fingerprint density at radius 3 is 2.27 bits per heavy atom. The van der Waals surface area contributed by atoms with Gasteiger partial charge in [0.05, 0.1) is 12.9 Å². The number of aromatic nitrogens is 2. The van der Waals surface area contributed by atoms with Gasteiger partial charge < -0.3 is 30.0 Å². The van der Waals surface area contributed by atoms with E-state index in [1.165, 1.54) is 20.2 Å². The fourth-order valence-corrected chi connectivity index (χ4v) is 5.16. The van der Waals surface area contributed by atoms with Crippen molar-refractivity contribution in [3.05, 3.63) is 96.4 Å². The molecule has 2 atom stereocenters. The van der Waals surface area contributed by atoms with Crippen molar-refractivity contribution < 1.29 is 28.7 Å². The van der Waals surface area contributed by atoms with Crippen LogP contribution in [0.25, 0.3) is 10.8 Å². The number of benzene rings is 3. The number of nitrogens with one attached hydrogen (secondary N) is 3. The van der Waals surface area contributed by atoms with Crippen molar-refractivity contribution in [3.8, 4) is 0 Å². The zero-order valence-corrected chi connectivity index (χ0v) is 28.4. The number of aryl methyl sites for hydroxylation is 1. The molecule has 1 heterocycles. The minimum atomic E-state index is -1.38. The summed E-state index contributed by atoms with van der Waals surface area (Å²) >= 11 is 0. The third-order valence-corrected chi connectivity index (χ3v) is 7.55. The fourth-order valence-electron chi connectivity index (χ4n) is 5.16. The molecular weight excluding hydrogens is 610 g/mol. The quantitative estimate of drug-likeness (QED) is 0.152. The molecule has 48 heavy (non-hydrogen) atoms. The number of fused-ring (bicyclic) bond motifs is 1. The van der Waals surface area contributed by atoms with Crippen LogP contribution in [0, 0.1) is 0 Å². The average Bonchev–Trinajstić information content (AvgIpc) is 3.47. The zero-order valence-electron chi connectivity index (χ0n) is 28.4. The van der Waals surface area contributed by atoms with Crippen molar-refractivity contribution in [2.45, 2.75) is 84.0 Å². The van der Waals surface area contributed by atoms with Crippen LogP contribution in [-0.4, -0.2) is 57.2 Å². The summed E-state index contributed by atoms with van der Waals surface area (Å²) in [4.78, 5) is 57.1. The number of anilines is 1. The normalized spacial score (nSPS) is 12.9. The van der Waals surface area contributed by atoms with Gasteiger partial charge in [-0.1, -0.05) is 66.7 Å². The maximum Gasteiger partial charge on any atom is 0.408 e. The van der Waals surface area contributed by atoms with Crippen LogP contribution < -0.4 is 16.0 Å². The Kier molecular flexibility index (Phi) is 11.6. The summed E-state index contributed by atoms with van der Waals surface area (Å²) < 4.78 is 12.3.